The second kappa shape index (κ2) is 12.5. The van der Waals surface area contributed by atoms with Crippen molar-refractivity contribution in [3.63, 3.8) is 0 Å². The number of hydrogen-bond donors (Lipinski definition) is 0. The number of nitrogens with zero attached hydrogens (tertiary/aromatic N) is 1. The van der Waals surface area contributed by atoms with Crippen LogP contribution < -0.4 is 4.90 Å². The molecule has 0 spiro atoms. The number of benzene rings is 11. The molecule has 12 aromatic rings. The molecule has 0 saturated heterocycles. The maximum atomic E-state index is 2.45. The molecule has 0 aromatic heterocycles. The van der Waals surface area contributed by atoms with E-state index in [4.69, 9.17) is 0 Å². The lowest BCUT2D eigenvalue weighted by Crippen LogP contribution is -2.10. The average molecular weight is 722 g/mol. The summed E-state index contributed by atoms with van der Waals surface area (Å²) in [6, 6.07) is 78.5. The zero-order valence-electron chi connectivity index (χ0n) is 31.2. The van der Waals surface area contributed by atoms with Crippen molar-refractivity contribution in [1.29, 1.82) is 0 Å². The van der Waals surface area contributed by atoms with E-state index in [2.05, 4.69) is 217 Å². The van der Waals surface area contributed by atoms with Crippen LogP contribution in [0.2, 0.25) is 0 Å². The lowest BCUT2D eigenvalue weighted by Gasteiger charge is -2.27. The predicted molar refractivity (Wildman–Crippen MR) is 246 cm³/mol. The first kappa shape index (κ1) is 31.8. The molecule has 0 aliphatic rings. The van der Waals surface area contributed by atoms with E-state index in [0.29, 0.717) is 0 Å². The molecule has 0 fully saturated rings. The van der Waals surface area contributed by atoms with Crippen molar-refractivity contribution in [1.82, 2.24) is 0 Å². The minimum absolute atomic E-state index is 1.11. The first-order valence-corrected chi connectivity index (χ1v) is 19.7. The monoisotopic (exact) mass is 721 g/mol. The van der Waals surface area contributed by atoms with Crippen LogP contribution in [0.3, 0.4) is 0 Å². The highest BCUT2D eigenvalue weighted by Gasteiger charge is 2.19. The van der Waals surface area contributed by atoms with Gasteiger partial charge < -0.3 is 4.90 Å². The van der Waals surface area contributed by atoms with E-state index in [1.165, 1.54) is 97.7 Å². The van der Waals surface area contributed by atoms with E-state index >= 15 is 0 Å². The molecule has 0 radical (unpaired) electrons. The molecule has 264 valence electrons. The molecule has 12 aromatic carbocycles. The molecule has 0 aliphatic carbocycles. The van der Waals surface area contributed by atoms with Crippen LogP contribution in [0.5, 0.6) is 0 Å². The number of anilines is 3. The van der Waals surface area contributed by atoms with Gasteiger partial charge in [-0.3, -0.25) is 0 Å². The maximum Gasteiger partial charge on any atom is 0.0474 e. The Morgan fingerprint density at radius 2 is 0.632 bits per heavy atom. The second-order valence-electron chi connectivity index (χ2n) is 15.3. The Bertz CT molecular complexity index is 3480. The van der Waals surface area contributed by atoms with E-state index in [1.807, 2.05) is 0 Å². The van der Waals surface area contributed by atoms with Crippen molar-refractivity contribution in [3.8, 4) is 22.3 Å². The molecule has 0 atom stereocenters. The summed E-state index contributed by atoms with van der Waals surface area (Å²) in [6.45, 7) is 0. The zero-order valence-corrected chi connectivity index (χ0v) is 31.2. The molecule has 0 unspecified atom stereocenters. The van der Waals surface area contributed by atoms with Gasteiger partial charge in [-0.15, -0.1) is 0 Å². The SMILES string of the molecule is c1ccc(-c2ccc(N(c3ccc(-c4ccc5ccccc5c4)cc3)c3cc4ccc5cccc6c7cccc8ccc9cccc(c(c3)c4c56)c9c87)cc2)cc1. The fourth-order valence-corrected chi connectivity index (χ4v) is 9.45. The van der Waals surface area contributed by atoms with Crippen molar-refractivity contribution >= 4 is 92.5 Å². The molecule has 1 heteroatoms. The Balaban J connectivity index is 1.14. The summed E-state index contributed by atoms with van der Waals surface area (Å²) < 4.78 is 0. The highest BCUT2D eigenvalue weighted by atomic mass is 15.1. The number of hydrogen-bond acceptors (Lipinski definition) is 1. The smallest absolute Gasteiger partial charge is 0.0474 e. The van der Waals surface area contributed by atoms with Gasteiger partial charge in [-0.05, 0) is 140 Å². The minimum atomic E-state index is 1.11. The van der Waals surface area contributed by atoms with Crippen LogP contribution in [0, 0.1) is 0 Å². The molecule has 0 aliphatic heterocycles. The average Bonchev–Trinajstić information content (AvgIpc) is 3.28. The van der Waals surface area contributed by atoms with Crippen molar-refractivity contribution in [2.75, 3.05) is 4.90 Å². The van der Waals surface area contributed by atoms with E-state index in [1.54, 1.807) is 0 Å². The summed E-state index contributed by atoms with van der Waals surface area (Å²) in [7, 11) is 0. The maximum absolute atomic E-state index is 2.45. The van der Waals surface area contributed by atoms with E-state index < -0.39 is 0 Å². The van der Waals surface area contributed by atoms with E-state index in [0.717, 1.165) is 17.1 Å². The summed E-state index contributed by atoms with van der Waals surface area (Å²) in [5.74, 6) is 0. The van der Waals surface area contributed by atoms with Gasteiger partial charge >= 0.3 is 0 Å². The van der Waals surface area contributed by atoms with Gasteiger partial charge in [-0.25, -0.2) is 0 Å². The summed E-state index contributed by atoms with van der Waals surface area (Å²) in [6.07, 6.45) is 0. The molecule has 57 heavy (non-hydrogen) atoms. The van der Waals surface area contributed by atoms with Crippen molar-refractivity contribution in [3.05, 3.63) is 212 Å². The number of rotatable bonds is 5. The van der Waals surface area contributed by atoms with Gasteiger partial charge in [0.1, 0.15) is 0 Å². The van der Waals surface area contributed by atoms with Crippen molar-refractivity contribution in [2.24, 2.45) is 0 Å². The third-order valence-electron chi connectivity index (χ3n) is 12.1. The molecular weight excluding hydrogens is 687 g/mol. The van der Waals surface area contributed by atoms with Gasteiger partial charge in [0, 0.05) is 17.1 Å². The predicted octanol–water partition coefficient (Wildman–Crippen LogP) is 16.0. The highest BCUT2D eigenvalue weighted by Crippen LogP contribution is 2.46. The molecule has 0 bridgehead atoms. The van der Waals surface area contributed by atoms with E-state index in [9.17, 15) is 0 Å². The molecule has 0 N–H and O–H groups in total. The third kappa shape index (κ3) is 5.03. The number of fused-ring (bicyclic) bond motifs is 3. The van der Waals surface area contributed by atoms with Crippen LogP contribution in [0.4, 0.5) is 17.1 Å². The van der Waals surface area contributed by atoms with E-state index in [-0.39, 0.29) is 0 Å². The molecule has 12 rings (SSSR count). The zero-order chi connectivity index (χ0) is 37.5. The first-order valence-electron chi connectivity index (χ1n) is 19.7. The molecule has 0 saturated carbocycles. The van der Waals surface area contributed by atoms with Gasteiger partial charge in [0.05, 0.1) is 0 Å². The summed E-state index contributed by atoms with van der Waals surface area (Å²) >= 11 is 0. The Hall–Kier alpha value is -7.48. The molecule has 0 amide bonds. The van der Waals surface area contributed by atoms with Crippen molar-refractivity contribution < 1.29 is 0 Å². The normalized spacial score (nSPS) is 11.9. The standard InChI is InChI=1S/C56H35N/c1-2-9-36(10-3-1)38-25-29-46(30-26-38)57(47-31-27-39(28-32-47)44-23-19-37-11-4-5-12-43(37)33-44)48-34-45-24-22-42-14-7-17-50-49-16-6-13-40-20-21-41-15-8-18-51(55(41)53(40)49)52(35-48)56(45)54(42)50/h1-35H. The van der Waals surface area contributed by atoms with Gasteiger partial charge in [0.15, 0.2) is 0 Å². The molecule has 1 nitrogen and oxygen atoms in total. The van der Waals surface area contributed by atoms with Gasteiger partial charge in [-0.2, -0.15) is 0 Å². The quantitative estimate of drug-likeness (QED) is 0.160. The van der Waals surface area contributed by atoms with Crippen LogP contribution in [0.15, 0.2) is 212 Å². The Morgan fingerprint density at radius 1 is 0.211 bits per heavy atom. The third-order valence-corrected chi connectivity index (χ3v) is 12.1. The lowest BCUT2D eigenvalue weighted by atomic mass is 9.87. The summed E-state index contributed by atoms with van der Waals surface area (Å²) in [4.78, 5) is 2.43. The Labute approximate surface area is 330 Å². The highest BCUT2D eigenvalue weighted by molar-refractivity contribution is 6.37. The van der Waals surface area contributed by atoms with Gasteiger partial charge in [0.2, 0.25) is 0 Å². The van der Waals surface area contributed by atoms with Crippen LogP contribution in [-0.2, 0) is 0 Å². The van der Waals surface area contributed by atoms with Gasteiger partial charge in [-0.1, -0.05) is 170 Å². The Kier molecular flexibility index (Phi) is 7.00. The summed E-state index contributed by atoms with van der Waals surface area (Å²) in [5.41, 5.74) is 8.16. The van der Waals surface area contributed by atoms with Crippen molar-refractivity contribution in [2.45, 2.75) is 0 Å². The van der Waals surface area contributed by atoms with Crippen LogP contribution in [-0.4, -0.2) is 0 Å². The van der Waals surface area contributed by atoms with Crippen LogP contribution in [0.25, 0.3) is 97.7 Å². The first-order chi connectivity index (χ1) is 28.2. The van der Waals surface area contributed by atoms with Crippen LogP contribution >= 0.6 is 0 Å². The fraction of sp³-hybridized carbons (Fsp3) is 0. The fourth-order valence-electron chi connectivity index (χ4n) is 9.45. The minimum Gasteiger partial charge on any atom is -0.310 e. The lowest BCUT2D eigenvalue weighted by molar-refractivity contribution is 1.29. The topological polar surface area (TPSA) is 3.24 Å². The molecule has 0 heterocycles. The molecular formula is C56H35N. The second-order valence-corrected chi connectivity index (χ2v) is 15.3. The van der Waals surface area contributed by atoms with Gasteiger partial charge in [0.25, 0.3) is 0 Å². The van der Waals surface area contributed by atoms with Crippen LogP contribution in [0.1, 0.15) is 0 Å². The Morgan fingerprint density at radius 3 is 1.23 bits per heavy atom. The summed E-state index contributed by atoms with van der Waals surface area (Å²) in [5, 5.41) is 17.9. The largest absolute Gasteiger partial charge is 0.310 e.